The van der Waals surface area contributed by atoms with E-state index >= 15 is 0 Å². The summed E-state index contributed by atoms with van der Waals surface area (Å²) in [6.45, 7) is 16.3. The van der Waals surface area contributed by atoms with E-state index in [1.54, 1.807) is 26.2 Å². The average Bonchev–Trinajstić information content (AvgIpc) is 3.55. The number of nitrogens with one attached hydrogen (secondary N) is 1. The van der Waals surface area contributed by atoms with Crippen LogP contribution < -0.4 is 11.2 Å². The van der Waals surface area contributed by atoms with Crippen LogP contribution in [0, 0.1) is 17.8 Å². The average molecular weight is 704 g/mol. The second-order valence-electron chi connectivity index (χ2n) is 13.7. The fourth-order valence-corrected chi connectivity index (χ4v) is 6.76. The van der Waals surface area contributed by atoms with Crippen LogP contribution in [0.3, 0.4) is 0 Å². The lowest BCUT2D eigenvalue weighted by Crippen LogP contribution is -2.55. The quantitative estimate of drug-likeness (QED) is 0.0953. The Morgan fingerprint density at radius 3 is 1.98 bits per heavy atom. The Morgan fingerprint density at radius 1 is 0.878 bits per heavy atom. The lowest BCUT2D eigenvalue weighted by atomic mass is 9.90. The SMILES string of the molecule is CCC(C)C(C(CC(=O)N1CCCC1C(OC)C(C)C)OC)N(C)C(=O)CNC(=O)C(C(C)C)N(C)CCOCCOCCOCCON. The van der Waals surface area contributed by atoms with Crippen molar-refractivity contribution in [2.75, 3.05) is 94.2 Å². The van der Waals surface area contributed by atoms with E-state index in [0.717, 1.165) is 19.3 Å². The minimum atomic E-state index is -0.502. The maximum absolute atomic E-state index is 13.7. The normalized spacial score (nSPS) is 18.2. The molecule has 49 heavy (non-hydrogen) atoms. The van der Waals surface area contributed by atoms with E-state index in [2.05, 4.69) is 37.8 Å². The van der Waals surface area contributed by atoms with Crippen molar-refractivity contribution in [3.8, 4) is 0 Å². The fraction of sp³-hybridized carbons (Fsp3) is 0.914. The van der Waals surface area contributed by atoms with Crippen molar-refractivity contribution in [1.82, 2.24) is 20.0 Å². The van der Waals surface area contributed by atoms with Gasteiger partial charge in [-0.3, -0.25) is 19.3 Å². The summed E-state index contributed by atoms with van der Waals surface area (Å²) in [7, 11) is 6.91. The number of ether oxygens (including phenoxy) is 5. The summed E-state index contributed by atoms with van der Waals surface area (Å²) in [6.07, 6.45) is 2.26. The lowest BCUT2D eigenvalue weighted by Gasteiger charge is -2.39. The molecule has 0 aromatic rings. The van der Waals surface area contributed by atoms with Crippen LogP contribution in [-0.4, -0.2) is 157 Å². The summed E-state index contributed by atoms with van der Waals surface area (Å²) in [5.74, 6) is 4.84. The number of hydrogen-bond donors (Lipinski definition) is 2. The molecular weight excluding hydrogens is 634 g/mol. The molecule has 0 aromatic heterocycles. The molecule has 3 N–H and O–H groups in total. The molecule has 1 aliphatic heterocycles. The number of rotatable bonds is 27. The first-order valence-electron chi connectivity index (χ1n) is 18.0. The summed E-state index contributed by atoms with van der Waals surface area (Å²) in [6, 6.07) is -0.772. The van der Waals surface area contributed by atoms with E-state index < -0.39 is 12.1 Å². The Labute approximate surface area is 295 Å². The van der Waals surface area contributed by atoms with Gasteiger partial charge in [-0.2, -0.15) is 0 Å². The Hall–Kier alpha value is -1.91. The largest absolute Gasteiger partial charge is 0.379 e. The molecule has 6 unspecified atom stereocenters. The molecule has 0 aliphatic carbocycles. The van der Waals surface area contributed by atoms with Crippen LogP contribution in [0.15, 0.2) is 0 Å². The number of likely N-dealkylation sites (N-methyl/N-ethyl adjacent to an activating group) is 2. The van der Waals surface area contributed by atoms with E-state index in [1.807, 2.05) is 30.7 Å². The second-order valence-corrected chi connectivity index (χ2v) is 13.7. The van der Waals surface area contributed by atoms with Gasteiger partial charge in [0.1, 0.15) is 0 Å². The molecule has 0 aromatic carbocycles. The molecule has 14 nitrogen and oxygen atoms in total. The van der Waals surface area contributed by atoms with Crippen LogP contribution >= 0.6 is 0 Å². The van der Waals surface area contributed by atoms with Gasteiger partial charge in [-0.15, -0.1) is 0 Å². The predicted octanol–water partition coefficient (Wildman–Crippen LogP) is 1.94. The van der Waals surface area contributed by atoms with Crippen molar-refractivity contribution < 1.29 is 42.9 Å². The Morgan fingerprint density at radius 2 is 1.47 bits per heavy atom. The minimum absolute atomic E-state index is 0.00500. The first-order valence-corrected chi connectivity index (χ1v) is 18.0. The number of hydrogen-bond acceptors (Lipinski definition) is 11. The summed E-state index contributed by atoms with van der Waals surface area (Å²) in [5, 5.41) is 2.87. The highest BCUT2D eigenvalue weighted by Gasteiger charge is 2.40. The van der Waals surface area contributed by atoms with Crippen LogP contribution in [0.4, 0.5) is 0 Å². The van der Waals surface area contributed by atoms with E-state index in [9.17, 15) is 14.4 Å². The number of carbonyl (C=O) groups excluding carboxylic acids is 3. The molecule has 1 fully saturated rings. The Balaban J connectivity index is 2.73. The number of nitrogens with two attached hydrogens (primary N) is 1. The molecule has 0 radical (unpaired) electrons. The van der Waals surface area contributed by atoms with E-state index in [0.29, 0.717) is 59.3 Å². The van der Waals surface area contributed by atoms with Gasteiger partial charge < -0.3 is 43.6 Å². The third-order valence-electron chi connectivity index (χ3n) is 9.52. The monoisotopic (exact) mass is 704 g/mol. The fourth-order valence-electron chi connectivity index (χ4n) is 6.76. The summed E-state index contributed by atoms with van der Waals surface area (Å²) >= 11 is 0. The molecule has 0 bridgehead atoms. The second kappa shape index (κ2) is 25.1. The third-order valence-corrected chi connectivity index (χ3v) is 9.52. The van der Waals surface area contributed by atoms with Crippen LogP contribution in [0.5, 0.6) is 0 Å². The first-order chi connectivity index (χ1) is 23.4. The molecule has 6 atom stereocenters. The van der Waals surface area contributed by atoms with Gasteiger partial charge in [0.05, 0.1) is 89.5 Å². The van der Waals surface area contributed by atoms with E-state index in [1.165, 1.54) is 0 Å². The van der Waals surface area contributed by atoms with Crippen molar-refractivity contribution in [3.05, 3.63) is 0 Å². The molecule has 0 spiro atoms. The molecule has 1 rings (SSSR count). The van der Waals surface area contributed by atoms with Gasteiger partial charge in [0, 0.05) is 34.4 Å². The highest BCUT2D eigenvalue weighted by atomic mass is 16.6. The molecule has 1 heterocycles. The molecule has 1 saturated heterocycles. The van der Waals surface area contributed by atoms with Crippen molar-refractivity contribution in [2.45, 2.75) is 97.6 Å². The number of likely N-dealkylation sites (tertiary alicyclic amines) is 1. The van der Waals surface area contributed by atoms with Crippen LogP contribution in [0.2, 0.25) is 0 Å². The van der Waals surface area contributed by atoms with Crippen LogP contribution in [0.1, 0.15) is 67.2 Å². The maximum atomic E-state index is 13.7. The maximum Gasteiger partial charge on any atom is 0.242 e. The zero-order valence-electron chi connectivity index (χ0n) is 32.1. The molecule has 288 valence electrons. The van der Waals surface area contributed by atoms with Crippen molar-refractivity contribution in [1.29, 1.82) is 0 Å². The van der Waals surface area contributed by atoms with Gasteiger partial charge in [0.25, 0.3) is 0 Å². The topological polar surface area (TPSA) is 154 Å². The van der Waals surface area contributed by atoms with Gasteiger partial charge in [0.15, 0.2) is 0 Å². The van der Waals surface area contributed by atoms with E-state index in [-0.39, 0.29) is 66.6 Å². The number of methoxy groups -OCH3 is 2. The van der Waals surface area contributed by atoms with Crippen molar-refractivity contribution in [2.24, 2.45) is 23.7 Å². The van der Waals surface area contributed by atoms with Crippen molar-refractivity contribution in [3.63, 3.8) is 0 Å². The molecule has 3 amide bonds. The van der Waals surface area contributed by atoms with Crippen molar-refractivity contribution >= 4 is 17.7 Å². The standard InChI is InChI=1S/C35H69N5O9/c1-11-27(6)33(29(44-9)23-30(41)40-14-12-13-28(40)34(45-10)26(4)5)39(8)31(42)24-37-35(43)32(25(2)3)38(7)15-16-46-17-18-47-19-20-48-21-22-49-36/h25-29,32-34H,11-24,36H2,1-10H3,(H,37,43). The molecule has 0 saturated carbocycles. The van der Waals surface area contributed by atoms with Gasteiger partial charge >= 0.3 is 0 Å². The predicted molar refractivity (Wildman–Crippen MR) is 189 cm³/mol. The van der Waals surface area contributed by atoms with Gasteiger partial charge in [-0.1, -0.05) is 48.0 Å². The van der Waals surface area contributed by atoms with Gasteiger partial charge in [-0.05, 0) is 37.6 Å². The summed E-state index contributed by atoms with van der Waals surface area (Å²) in [5.41, 5.74) is 0. The molecule has 1 aliphatic rings. The summed E-state index contributed by atoms with van der Waals surface area (Å²) < 4.78 is 28.2. The van der Waals surface area contributed by atoms with Crippen LogP contribution in [0.25, 0.3) is 0 Å². The molecule has 14 heteroatoms. The smallest absolute Gasteiger partial charge is 0.242 e. The lowest BCUT2D eigenvalue weighted by molar-refractivity contribution is -0.144. The van der Waals surface area contributed by atoms with Gasteiger partial charge in [0.2, 0.25) is 17.7 Å². The first kappa shape index (κ1) is 45.1. The summed E-state index contributed by atoms with van der Waals surface area (Å²) in [4.78, 5) is 50.6. The van der Waals surface area contributed by atoms with E-state index in [4.69, 9.17) is 29.6 Å². The highest BCUT2D eigenvalue weighted by Crippen LogP contribution is 2.29. The van der Waals surface area contributed by atoms with Crippen LogP contribution in [-0.2, 0) is 42.9 Å². The van der Waals surface area contributed by atoms with Gasteiger partial charge in [-0.25, -0.2) is 5.90 Å². The Bertz CT molecular complexity index is 928. The zero-order valence-corrected chi connectivity index (χ0v) is 32.1. The highest BCUT2D eigenvalue weighted by molar-refractivity contribution is 5.87. The zero-order chi connectivity index (χ0) is 36.9. The number of amides is 3. The molecular formula is C35H69N5O9. The minimum Gasteiger partial charge on any atom is -0.379 e. The number of nitrogens with zero attached hydrogens (tertiary/aromatic N) is 3. The Kier molecular flexibility index (Phi) is 23.1. The number of carbonyl (C=O) groups is 3. The third kappa shape index (κ3) is 15.5.